The standard InChI is InChI=1S/C20H23NO4S2/c1-26-17-11-9-16(10-12-17)15-25-20(22)18-7-3-4-8-19(18)27(23,24)21-13-5-2-6-14-21/h3-4,7-12H,2,5-6,13-15H2,1H3. The number of sulfonamides is 1. The van der Waals surface area contributed by atoms with E-state index in [0.717, 1.165) is 29.7 Å². The van der Waals surface area contributed by atoms with Gasteiger partial charge >= 0.3 is 5.97 Å². The zero-order chi connectivity index (χ0) is 19.3. The summed E-state index contributed by atoms with van der Waals surface area (Å²) in [7, 11) is -3.70. The summed E-state index contributed by atoms with van der Waals surface area (Å²) < 4.78 is 32.8. The van der Waals surface area contributed by atoms with Crippen molar-refractivity contribution in [2.45, 2.75) is 35.7 Å². The monoisotopic (exact) mass is 405 g/mol. The van der Waals surface area contributed by atoms with Crippen molar-refractivity contribution in [3.8, 4) is 0 Å². The van der Waals surface area contributed by atoms with E-state index in [-0.39, 0.29) is 17.1 Å². The first-order valence-electron chi connectivity index (χ1n) is 8.91. The van der Waals surface area contributed by atoms with Gasteiger partial charge in [0, 0.05) is 18.0 Å². The number of rotatable bonds is 6. The van der Waals surface area contributed by atoms with Crippen LogP contribution in [0, 0.1) is 0 Å². The van der Waals surface area contributed by atoms with Crippen molar-refractivity contribution in [2.24, 2.45) is 0 Å². The van der Waals surface area contributed by atoms with Gasteiger partial charge in [-0.15, -0.1) is 11.8 Å². The second-order valence-corrected chi connectivity index (χ2v) is 9.17. The fraction of sp³-hybridized carbons (Fsp3) is 0.350. The lowest BCUT2D eigenvalue weighted by Gasteiger charge is -2.26. The topological polar surface area (TPSA) is 63.7 Å². The predicted octanol–water partition coefficient (Wildman–Crippen LogP) is 3.94. The molecule has 0 atom stereocenters. The van der Waals surface area contributed by atoms with E-state index >= 15 is 0 Å². The van der Waals surface area contributed by atoms with Gasteiger partial charge in [-0.1, -0.05) is 30.7 Å². The van der Waals surface area contributed by atoms with Crippen molar-refractivity contribution < 1.29 is 17.9 Å². The highest BCUT2D eigenvalue weighted by atomic mass is 32.2. The summed E-state index contributed by atoms with van der Waals surface area (Å²) in [4.78, 5) is 13.7. The lowest BCUT2D eigenvalue weighted by Crippen LogP contribution is -2.36. The number of piperidine rings is 1. The van der Waals surface area contributed by atoms with Gasteiger partial charge in [-0.3, -0.25) is 0 Å². The Morgan fingerprint density at radius 3 is 2.37 bits per heavy atom. The van der Waals surface area contributed by atoms with E-state index in [9.17, 15) is 13.2 Å². The first-order valence-corrected chi connectivity index (χ1v) is 11.6. The lowest BCUT2D eigenvalue weighted by molar-refractivity contribution is 0.0468. The molecule has 0 aromatic heterocycles. The van der Waals surface area contributed by atoms with Crippen LogP contribution in [0.1, 0.15) is 35.2 Å². The van der Waals surface area contributed by atoms with Crippen molar-refractivity contribution in [2.75, 3.05) is 19.3 Å². The third-order valence-electron chi connectivity index (χ3n) is 4.57. The van der Waals surface area contributed by atoms with Gasteiger partial charge in [-0.25, -0.2) is 13.2 Å². The highest BCUT2D eigenvalue weighted by Gasteiger charge is 2.30. The SMILES string of the molecule is CSc1ccc(COC(=O)c2ccccc2S(=O)(=O)N2CCCCC2)cc1. The molecule has 0 aliphatic carbocycles. The number of esters is 1. The van der Waals surface area contributed by atoms with Gasteiger partial charge < -0.3 is 4.74 Å². The van der Waals surface area contributed by atoms with Gasteiger partial charge in [0.15, 0.2) is 0 Å². The van der Waals surface area contributed by atoms with Crippen LogP contribution >= 0.6 is 11.8 Å². The molecule has 1 saturated heterocycles. The molecule has 1 fully saturated rings. The Hall–Kier alpha value is -1.83. The Morgan fingerprint density at radius 2 is 1.70 bits per heavy atom. The summed E-state index contributed by atoms with van der Waals surface area (Å²) in [6, 6.07) is 14.0. The summed E-state index contributed by atoms with van der Waals surface area (Å²) >= 11 is 1.64. The van der Waals surface area contributed by atoms with E-state index in [1.165, 1.54) is 16.4 Å². The third-order valence-corrected chi connectivity index (χ3v) is 7.27. The molecule has 27 heavy (non-hydrogen) atoms. The van der Waals surface area contributed by atoms with Gasteiger partial charge in [0.1, 0.15) is 6.61 Å². The molecular weight excluding hydrogens is 382 g/mol. The molecule has 0 unspecified atom stereocenters. The predicted molar refractivity (Wildman–Crippen MR) is 106 cm³/mol. The van der Waals surface area contributed by atoms with Crippen molar-refractivity contribution in [3.05, 3.63) is 59.7 Å². The van der Waals surface area contributed by atoms with Crippen molar-refractivity contribution in [1.82, 2.24) is 4.31 Å². The Morgan fingerprint density at radius 1 is 1.04 bits per heavy atom. The Labute approximate surface area is 164 Å². The zero-order valence-corrected chi connectivity index (χ0v) is 16.9. The van der Waals surface area contributed by atoms with Gasteiger partial charge in [-0.05, 0) is 48.9 Å². The van der Waals surface area contributed by atoms with Crippen molar-refractivity contribution >= 4 is 27.8 Å². The molecule has 0 saturated carbocycles. The minimum atomic E-state index is -3.70. The quantitative estimate of drug-likeness (QED) is 0.538. The minimum absolute atomic E-state index is 0.0228. The van der Waals surface area contributed by atoms with E-state index in [2.05, 4.69) is 0 Å². The number of carbonyl (C=O) groups excluding carboxylic acids is 1. The lowest BCUT2D eigenvalue weighted by atomic mass is 10.2. The maximum atomic E-state index is 13.0. The average molecular weight is 406 g/mol. The van der Waals surface area contributed by atoms with Crippen molar-refractivity contribution in [1.29, 1.82) is 0 Å². The van der Waals surface area contributed by atoms with Crippen LogP contribution in [0.2, 0.25) is 0 Å². The zero-order valence-electron chi connectivity index (χ0n) is 15.3. The first-order chi connectivity index (χ1) is 13.0. The molecule has 1 aliphatic heterocycles. The van der Waals surface area contributed by atoms with Crippen LogP contribution in [0.15, 0.2) is 58.3 Å². The molecule has 3 rings (SSSR count). The molecule has 7 heteroatoms. The normalized spacial score (nSPS) is 15.4. The van der Waals surface area contributed by atoms with Crippen LogP contribution in [0.3, 0.4) is 0 Å². The van der Waals surface area contributed by atoms with Gasteiger partial charge in [-0.2, -0.15) is 4.31 Å². The second kappa shape index (κ2) is 8.91. The number of nitrogens with zero attached hydrogens (tertiary/aromatic N) is 1. The number of hydrogen-bond acceptors (Lipinski definition) is 5. The van der Waals surface area contributed by atoms with Gasteiger partial charge in [0.25, 0.3) is 0 Å². The number of hydrogen-bond donors (Lipinski definition) is 0. The van der Waals surface area contributed by atoms with Crippen LogP contribution in [-0.2, 0) is 21.4 Å². The molecule has 5 nitrogen and oxygen atoms in total. The summed E-state index contributed by atoms with van der Waals surface area (Å²) in [5.41, 5.74) is 0.946. The molecule has 2 aromatic carbocycles. The van der Waals surface area contributed by atoms with Crippen LogP contribution in [-0.4, -0.2) is 38.0 Å². The molecule has 1 aliphatic rings. The summed E-state index contributed by atoms with van der Waals surface area (Å²) in [5, 5.41) is 0. The number of thioether (sulfide) groups is 1. The van der Waals surface area contributed by atoms with E-state index in [1.54, 1.807) is 23.9 Å². The van der Waals surface area contributed by atoms with E-state index in [1.807, 2.05) is 30.5 Å². The maximum Gasteiger partial charge on any atom is 0.339 e. The molecule has 1 heterocycles. The maximum absolute atomic E-state index is 13.0. The summed E-state index contributed by atoms with van der Waals surface area (Å²) in [5.74, 6) is -0.625. The van der Waals surface area contributed by atoms with E-state index in [0.29, 0.717) is 13.1 Å². The van der Waals surface area contributed by atoms with Crippen LogP contribution in [0.5, 0.6) is 0 Å². The minimum Gasteiger partial charge on any atom is -0.457 e. The van der Waals surface area contributed by atoms with E-state index in [4.69, 9.17) is 4.74 Å². The van der Waals surface area contributed by atoms with Crippen LogP contribution in [0.25, 0.3) is 0 Å². The fourth-order valence-electron chi connectivity index (χ4n) is 3.05. The Balaban J connectivity index is 1.77. The molecule has 144 valence electrons. The smallest absolute Gasteiger partial charge is 0.339 e. The largest absolute Gasteiger partial charge is 0.457 e. The number of carbonyl (C=O) groups is 1. The average Bonchev–Trinajstić information content (AvgIpc) is 2.73. The van der Waals surface area contributed by atoms with Gasteiger partial charge in [0.05, 0.1) is 10.5 Å². The molecule has 0 N–H and O–H groups in total. The Bertz CT molecular complexity index is 888. The highest BCUT2D eigenvalue weighted by Crippen LogP contribution is 2.24. The molecule has 0 bridgehead atoms. The van der Waals surface area contributed by atoms with Gasteiger partial charge in [0.2, 0.25) is 10.0 Å². The molecule has 0 radical (unpaired) electrons. The first kappa shape index (κ1) is 19.9. The molecule has 0 spiro atoms. The Kier molecular flexibility index (Phi) is 6.57. The second-order valence-electron chi connectivity index (χ2n) is 6.39. The number of ether oxygens (including phenoxy) is 1. The fourth-order valence-corrected chi connectivity index (χ4v) is 5.16. The summed E-state index contributed by atoms with van der Waals surface area (Å²) in [6.45, 7) is 1.09. The van der Waals surface area contributed by atoms with E-state index < -0.39 is 16.0 Å². The summed E-state index contributed by atoms with van der Waals surface area (Å²) in [6.07, 6.45) is 4.72. The van der Waals surface area contributed by atoms with Crippen LogP contribution < -0.4 is 0 Å². The highest BCUT2D eigenvalue weighted by molar-refractivity contribution is 7.98. The van der Waals surface area contributed by atoms with Crippen LogP contribution in [0.4, 0.5) is 0 Å². The number of benzene rings is 2. The molecular formula is C20H23NO4S2. The molecule has 0 amide bonds. The van der Waals surface area contributed by atoms with Crippen molar-refractivity contribution in [3.63, 3.8) is 0 Å². The third kappa shape index (κ3) is 4.72. The molecule has 2 aromatic rings.